The lowest BCUT2D eigenvalue weighted by molar-refractivity contribution is 0.184. The third kappa shape index (κ3) is 7.27. The molecule has 0 aromatic carbocycles. The molecule has 0 aromatic rings. The summed E-state index contributed by atoms with van der Waals surface area (Å²) in [4.78, 5) is 54.6. The fourth-order valence-corrected chi connectivity index (χ4v) is 4.40. The number of nitrogens with two attached hydrogens (primary N) is 1. The average Bonchev–Trinajstić information content (AvgIpc) is 3.60. The van der Waals surface area contributed by atoms with Gasteiger partial charge in [0.05, 0.1) is 0 Å². The number of hydrogen-bond acceptors (Lipinski definition) is 5. The van der Waals surface area contributed by atoms with Gasteiger partial charge < -0.3 is 46.2 Å². The number of unbranched alkanes of at least 4 members (excludes halogenated alkanes) is 2. The van der Waals surface area contributed by atoms with Gasteiger partial charge in [-0.25, -0.2) is 19.2 Å². The number of nitrogens with zero attached hydrogens (tertiary/aromatic N) is 5. The molecule has 0 saturated carbocycles. The summed E-state index contributed by atoms with van der Waals surface area (Å²) in [5.41, 5.74) is 5.43. The Labute approximate surface area is 200 Å². The second-order valence-electron chi connectivity index (χ2n) is 8.76. The second kappa shape index (κ2) is 13.1. The van der Waals surface area contributed by atoms with Crippen molar-refractivity contribution in [3.05, 3.63) is 0 Å². The zero-order valence-corrected chi connectivity index (χ0v) is 20.0. The minimum absolute atomic E-state index is 0.0320. The van der Waals surface area contributed by atoms with Gasteiger partial charge in [-0.3, -0.25) is 0 Å². The number of carbonyl (C=O) groups excluding carboxylic acids is 4. The van der Waals surface area contributed by atoms with Crippen molar-refractivity contribution in [2.45, 2.75) is 19.3 Å². The van der Waals surface area contributed by atoms with Crippen LogP contribution in [-0.2, 0) is 0 Å². The highest BCUT2D eigenvalue weighted by molar-refractivity contribution is 5.78. The van der Waals surface area contributed by atoms with Crippen LogP contribution in [0.1, 0.15) is 19.3 Å². The average molecular weight is 482 g/mol. The van der Waals surface area contributed by atoms with E-state index in [9.17, 15) is 19.2 Å². The maximum absolute atomic E-state index is 11.9. The summed E-state index contributed by atoms with van der Waals surface area (Å²) in [5, 5.41) is 8.32. The van der Waals surface area contributed by atoms with Crippen LogP contribution in [0.15, 0.2) is 0 Å². The Bertz CT molecular complexity index is 694. The van der Waals surface area contributed by atoms with Crippen molar-refractivity contribution in [2.24, 2.45) is 5.73 Å². The van der Waals surface area contributed by atoms with E-state index in [0.29, 0.717) is 32.7 Å². The molecule has 4 saturated heterocycles. The number of rotatable bonds is 11. The van der Waals surface area contributed by atoms with Crippen molar-refractivity contribution in [2.75, 3.05) is 91.6 Å². The number of hydrogen-bond donors (Lipinski definition) is 4. The van der Waals surface area contributed by atoms with Gasteiger partial charge in [-0.1, -0.05) is 0 Å². The third-order valence-corrected chi connectivity index (χ3v) is 6.41. The summed E-state index contributed by atoms with van der Waals surface area (Å²) in [6.07, 6.45) is 3.10. The molecule has 8 amide bonds. The molecule has 4 heterocycles. The molecule has 0 spiro atoms. The minimum atomic E-state index is -0.0320. The van der Waals surface area contributed by atoms with E-state index in [0.717, 1.165) is 78.2 Å². The molecule has 0 unspecified atom stereocenters. The molecule has 4 fully saturated rings. The van der Waals surface area contributed by atoms with Crippen LogP contribution >= 0.6 is 0 Å². The van der Waals surface area contributed by atoms with Crippen LogP contribution in [-0.4, -0.2) is 140 Å². The predicted molar refractivity (Wildman–Crippen MR) is 126 cm³/mol. The van der Waals surface area contributed by atoms with Crippen LogP contribution < -0.4 is 21.7 Å². The summed E-state index contributed by atoms with van der Waals surface area (Å²) >= 11 is 0. The first-order valence-corrected chi connectivity index (χ1v) is 12.3. The molecular formula is C21H39N9O4. The summed E-state index contributed by atoms with van der Waals surface area (Å²) in [6.45, 7) is 10.1. The van der Waals surface area contributed by atoms with E-state index in [1.807, 2.05) is 9.80 Å². The zero-order valence-electron chi connectivity index (χ0n) is 20.0. The lowest BCUT2D eigenvalue weighted by Crippen LogP contribution is -2.40. The van der Waals surface area contributed by atoms with Gasteiger partial charge >= 0.3 is 24.1 Å². The lowest BCUT2D eigenvalue weighted by Gasteiger charge is -2.21. The van der Waals surface area contributed by atoms with Crippen molar-refractivity contribution in [1.82, 2.24) is 40.4 Å². The molecule has 13 heteroatoms. The van der Waals surface area contributed by atoms with E-state index in [2.05, 4.69) is 16.0 Å². The van der Waals surface area contributed by atoms with Crippen molar-refractivity contribution in [3.63, 3.8) is 0 Å². The van der Waals surface area contributed by atoms with Crippen LogP contribution in [0.5, 0.6) is 0 Å². The summed E-state index contributed by atoms with van der Waals surface area (Å²) < 4.78 is 0. The molecule has 192 valence electrons. The fourth-order valence-electron chi connectivity index (χ4n) is 4.40. The van der Waals surface area contributed by atoms with Gasteiger partial charge in [0.15, 0.2) is 0 Å². The van der Waals surface area contributed by atoms with Crippen LogP contribution in [0.4, 0.5) is 19.2 Å². The first-order chi connectivity index (χ1) is 16.5. The molecule has 13 nitrogen and oxygen atoms in total. The van der Waals surface area contributed by atoms with Crippen LogP contribution in [0, 0.1) is 0 Å². The van der Waals surface area contributed by atoms with E-state index >= 15 is 0 Å². The molecule has 0 atom stereocenters. The number of nitrogens with one attached hydrogen (secondary N) is 3. The van der Waals surface area contributed by atoms with E-state index in [1.165, 1.54) is 0 Å². The van der Waals surface area contributed by atoms with Gasteiger partial charge in [0, 0.05) is 91.6 Å². The zero-order chi connectivity index (χ0) is 24.3. The van der Waals surface area contributed by atoms with Crippen molar-refractivity contribution < 1.29 is 19.2 Å². The molecule has 4 aliphatic heterocycles. The minimum Gasteiger partial charge on any atom is -0.336 e. The second-order valence-corrected chi connectivity index (χ2v) is 8.76. The molecule has 0 bridgehead atoms. The Balaban J connectivity index is 0.000000191. The smallest absolute Gasteiger partial charge is 0.320 e. The van der Waals surface area contributed by atoms with Gasteiger partial charge in [-0.15, -0.1) is 0 Å². The topological polar surface area (TPSA) is 147 Å². The third-order valence-electron chi connectivity index (χ3n) is 6.41. The summed E-state index contributed by atoms with van der Waals surface area (Å²) in [6, 6.07) is 0.123. The summed E-state index contributed by atoms with van der Waals surface area (Å²) in [7, 11) is 0. The van der Waals surface area contributed by atoms with E-state index in [1.54, 1.807) is 14.7 Å². The first-order valence-electron chi connectivity index (χ1n) is 12.3. The monoisotopic (exact) mass is 481 g/mol. The Morgan fingerprint density at radius 3 is 1.35 bits per heavy atom. The number of carbonyl (C=O) groups is 4. The molecule has 0 aromatic heterocycles. The van der Waals surface area contributed by atoms with Crippen LogP contribution in [0.3, 0.4) is 0 Å². The lowest BCUT2D eigenvalue weighted by atomic mass is 10.2. The highest BCUT2D eigenvalue weighted by Gasteiger charge is 2.29. The van der Waals surface area contributed by atoms with E-state index < -0.39 is 0 Å². The van der Waals surface area contributed by atoms with E-state index in [-0.39, 0.29) is 24.1 Å². The van der Waals surface area contributed by atoms with Gasteiger partial charge in [-0.05, 0) is 19.3 Å². The van der Waals surface area contributed by atoms with Gasteiger partial charge in [0.25, 0.3) is 0 Å². The van der Waals surface area contributed by atoms with E-state index in [4.69, 9.17) is 5.73 Å². The predicted octanol–water partition coefficient (Wildman–Crippen LogP) is -1.08. The fraction of sp³-hybridized carbons (Fsp3) is 0.810. The molecule has 0 radical (unpaired) electrons. The molecule has 0 aliphatic carbocycles. The first kappa shape index (κ1) is 25.7. The normalized spacial score (nSPS) is 20.1. The van der Waals surface area contributed by atoms with Crippen LogP contribution in [0.25, 0.3) is 0 Å². The molecule has 4 aliphatic rings. The highest BCUT2D eigenvalue weighted by Crippen LogP contribution is 2.08. The van der Waals surface area contributed by atoms with Gasteiger partial charge in [0.2, 0.25) is 0 Å². The number of amides is 8. The molecule has 4 rings (SSSR count). The molecule has 5 N–H and O–H groups in total. The maximum Gasteiger partial charge on any atom is 0.320 e. The summed E-state index contributed by atoms with van der Waals surface area (Å²) in [5.74, 6) is 0. The maximum atomic E-state index is 11.9. The standard InChI is InChI=1S/C11H20N4O2.C10H19N5O2/c16-10-12-4-8-14(10)6-2-1-3-7-15-9-5-13-11(15)17;11-1-3-14-7-8-15(10(14)17)6-5-13-4-2-12-9(13)16/h1-9H2,(H,12,16)(H,13,17);1-8,11H2,(H,12,16). The van der Waals surface area contributed by atoms with Crippen LogP contribution in [0.2, 0.25) is 0 Å². The van der Waals surface area contributed by atoms with Crippen molar-refractivity contribution >= 4 is 24.1 Å². The molecule has 34 heavy (non-hydrogen) atoms. The van der Waals surface area contributed by atoms with Gasteiger partial charge in [0.1, 0.15) is 0 Å². The Morgan fingerprint density at radius 1 is 0.529 bits per heavy atom. The van der Waals surface area contributed by atoms with Crippen molar-refractivity contribution in [1.29, 1.82) is 0 Å². The van der Waals surface area contributed by atoms with Gasteiger partial charge in [-0.2, -0.15) is 0 Å². The van der Waals surface area contributed by atoms with Crippen molar-refractivity contribution in [3.8, 4) is 0 Å². The molecular weight excluding hydrogens is 442 g/mol. The Morgan fingerprint density at radius 2 is 0.941 bits per heavy atom. The number of urea groups is 4. The Hall–Kier alpha value is -2.96. The largest absolute Gasteiger partial charge is 0.336 e. The SMILES string of the molecule is NCCN1CCN(CCN2CCNC2=O)C1=O.O=C1NCCN1CCCCCN1CCNC1=O. The quantitative estimate of drug-likeness (QED) is 0.277. The Kier molecular flexibility index (Phi) is 9.86. The highest BCUT2D eigenvalue weighted by atomic mass is 16.2.